The molecule has 0 bridgehead atoms. The summed E-state index contributed by atoms with van der Waals surface area (Å²) in [7, 11) is 2.07. The zero-order valence-electron chi connectivity index (χ0n) is 8.67. The molecule has 0 heterocycles. The minimum Gasteiger partial charge on any atom is -0.345 e. The fourth-order valence-corrected chi connectivity index (χ4v) is 1.45. The van der Waals surface area contributed by atoms with Gasteiger partial charge in [-0.25, -0.2) is 0 Å². The molecule has 2 rings (SSSR count). The SMILES string of the molecule is CN(c1ccccc1)c1ccccc1.[V]. The minimum absolute atomic E-state index is 0. The van der Waals surface area contributed by atoms with E-state index in [4.69, 9.17) is 0 Å². The van der Waals surface area contributed by atoms with E-state index in [9.17, 15) is 0 Å². The van der Waals surface area contributed by atoms with Gasteiger partial charge in [0.2, 0.25) is 0 Å². The molecule has 1 nitrogen and oxygen atoms in total. The molecule has 15 heavy (non-hydrogen) atoms. The Balaban J connectivity index is 0.00000112. The summed E-state index contributed by atoms with van der Waals surface area (Å²) in [6.07, 6.45) is 0. The number of hydrogen-bond donors (Lipinski definition) is 0. The number of hydrogen-bond acceptors (Lipinski definition) is 1. The topological polar surface area (TPSA) is 3.24 Å². The van der Waals surface area contributed by atoms with Gasteiger partial charge in [-0.05, 0) is 24.3 Å². The van der Waals surface area contributed by atoms with Crippen LogP contribution < -0.4 is 4.90 Å². The minimum atomic E-state index is 0. The normalized spacial score (nSPS) is 9.13. The van der Waals surface area contributed by atoms with Crippen LogP contribution in [0.15, 0.2) is 60.7 Å². The average molecular weight is 234 g/mol. The van der Waals surface area contributed by atoms with Gasteiger partial charge in [0.05, 0.1) is 0 Å². The molecule has 0 saturated heterocycles. The molecule has 0 spiro atoms. The van der Waals surface area contributed by atoms with Crippen LogP contribution in [-0.4, -0.2) is 7.05 Å². The van der Waals surface area contributed by atoms with E-state index >= 15 is 0 Å². The van der Waals surface area contributed by atoms with Crippen molar-refractivity contribution in [3.05, 3.63) is 60.7 Å². The van der Waals surface area contributed by atoms with Crippen molar-refractivity contribution in [2.45, 2.75) is 0 Å². The second-order valence-electron chi connectivity index (χ2n) is 3.23. The van der Waals surface area contributed by atoms with E-state index in [1.54, 1.807) is 0 Å². The summed E-state index contributed by atoms with van der Waals surface area (Å²) in [5.74, 6) is 0. The third-order valence-electron chi connectivity index (χ3n) is 2.29. The van der Waals surface area contributed by atoms with Crippen LogP contribution in [0, 0.1) is 0 Å². The molecule has 2 aromatic rings. The maximum absolute atomic E-state index is 2.17. The second-order valence-corrected chi connectivity index (χ2v) is 3.23. The summed E-state index contributed by atoms with van der Waals surface area (Å²) >= 11 is 0. The zero-order chi connectivity index (χ0) is 9.80. The molecule has 0 aromatic heterocycles. The predicted octanol–water partition coefficient (Wildman–Crippen LogP) is 3.45. The Hall–Kier alpha value is -1.18. The van der Waals surface area contributed by atoms with Crippen molar-refractivity contribution in [2.75, 3.05) is 11.9 Å². The average Bonchev–Trinajstić information content (AvgIpc) is 2.30. The quantitative estimate of drug-likeness (QED) is 0.769. The van der Waals surface area contributed by atoms with E-state index in [1.165, 1.54) is 11.4 Å². The van der Waals surface area contributed by atoms with Gasteiger partial charge >= 0.3 is 0 Å². The van der Waals surface area contributed by atoms with Gasteiger partial charge in [-0.1, -0.05) is 36.4 Å². The molecule has 0 aliphatic rings. The fourth-order valence-electron chi connectivity index (χ4n) is 1.45. The Bertz CT molecular complexity index is 346. The fraction of sp³-hybridized carbons (Fsp3) is 0.0769. The maximum Gasteiger partial charge on any atom is 0.0408 e. The van der Waals surface area contributed by atoms with Crippen LogP contribution in [-0.2, 0) is 18.6 Å². The van der Waals surface area contributed by atoms with Gasteiger partial charge in [0.1, 0.15) is 0 Å². The first-order valence-corrected chi connectivity index (χ1v) is 4.72. The van der Waals surface area contributed by atoms with E-state index in [1.807, 2.05) is 12.1 Å². The van der Waals surface area contributed by atoms with Crippen molar-refractivity contribution in [3.63, 3.8) is 0 Å². The van der Waals surface area contributed by atoms with E-state index in [-0.39, 0.29) is 18.6 Å². The van der Waals surface area contributed by atoms with Crippen LogP contribution in [0.5, 0.6) is 0 Å². The number of rotatable bonds is 2. The number of anilines is 2. The monoisotopic (exact) mass is 234 g/mol. The maximum atomic E-state index is 2.17. The standard InChI is InChI=1S/C13H13N.V/c1-14(12-8-4-2-5-9-12)13-10-6-3-7-11-13;/h2-11H,1H3;. The van der Waals surface area contributed by atoms with E-state index < -0.39 is 0 Å². The van der Waals surface area contributed by atoms with Crippen molar-refractivity contribution in [3.8, 4) is 0 Å². The number of para-hydroxylation sites is 2. The van der Waals surface area contributed by atoms with Crippen molar-refractivity contribution >= 4 is 11.4 Å². The van der Waals surface area contributed by atoms with Crippen LogP contribution >= 0.6 is 0 Å². The van der Waals surface area contributed by atoms with E-state index in [0.717, 1.165) is 0 Å². The third kappa shape index (κ3) is 2.88. The zero-order valence-corrected chi connectivity index (χ0v) is 10.1. The summed E-state index contributed by atoms with van der Waals surface area (Å²) in [4.78, 5) is 2.17. The second kappa shape index (κ2) is 5.64. The Labute approximate surface area is 103 Å². The number of benzene rings is 2. The Kier molecular flexibility index (Phi) is 4.48. The molecule has 0 saturated carbocycles. The molecule has 0 amide bonds. The molecular formula is C13H13NV. The van der Waals surface area contributed by atoms with Crippen LogP contribution in [0.25, 0.3) is 0 Å². The van der Waals surface area contributed by atoms with E-state index in [0.29, 0.717) is 0 Å². The van der Waals surface area contributed by atoms with Gasteiger partial charge in [0.15, 0.2) is 0 Å². The Morgan fingerprint density at radius 1 is 0.667 bits per heavy atom. The largest absolute Gasteiger partial charge is 0.345 e. The van der Waals surface area contributed by atoms with Crippen LogP contribution in [0.1, 0.15) is 0 Å². The van der Waals surface area contributed by atoms with Crippen molar-refractivity contribution in [1.82, 2.24) is 0 Å². The third-order valence-corrected chi connectivity index (χ3v) is 2.29. The van der Waals surface area contributed by atoms with Crippen LogP contribution in [0.4, 0.5) is 11.4 Å². The van der Waals surface area contributed by atoms with Gasteiger partial charge in [0, 0.05) is 37.0 Å². The van der Waals surface area contributed by atoms with Gasteiger partial charge in [-0.2, -0.15) is 0 Å². The molecule has 75 valence electrons. The number of nitrogens with zero attached hydrogens (tertiary/aromatic N) is 1. The predicted molar refractivity (Wildman–Crippen MR) is 60.9 cm³/mol. The molecule has 0 aliphatic carbocycles. The summed E-state index contributed by atoms with van der Waals surface area (Å²) in [5, 5.41) is 0. The van der Waals surface area contributed by atoms with Crippen LogP contribution in [0.2, 0.25) is 0 Å². The Morgan fingerprint density at radius 3 is 1.33 bits per heavy atom. The molecule has 0 fully saturated rings. The van der Waals surface area contributed by atoms with Gasteiger partial charge in [-0.3, -0.25) is 0 Å². The first-order valence-electron chi connectivity index (χ1n) is 4.72. The van der Waals surface area contributed by atoms with Crippen molar-refractivity contribution in [2.24, 2.45) is 0 Å². The molecule has 1 radical (unpaired) electrons. The molecule has 2 heteroatoms. The first-order chi connectivity index (χ1) is 6.88. The van der Waals surface area contributed by atoms with E-state index in [2.05, 4.69) is 60.5 Å². The molecule has 0 aliphatic heterocycles. The van der Waals surface area contributed by atoms with Crippen LogP contribution in [0.3, 0.4) is 0 Å². The molecule has 0 atom stereocenters. The summed E-state index contributed by atoms with van der Waals surface area (Å²) in [6.45, 7) is 0. The molecular weight excluding hydrogens is 221 g/mol. The van der Waals surface area contributed by atoms with Crippen molar-refractivity contribution in [1.29, 1.82) is 0 Å². The smallest absolute Gasteiger partial charge is 0.0408 e. The molecule has 0 N–H and O–H groups in total. The van der Waals surface area contributed by atoms with Gasteiger partial charge in [0.25, 0.3) is 0 Å². The van der Waals surface area contributed by atoms with Gasteiger partial charge < -0.3 is 4.90 Å². The molecule has 0 unspecified atom stereocenters. The summed E-state index contributed by atoms with van der Waals surface area (Å²) in [6, 6.07) is 20.7. The van der Waals surface area contributed by atoms with Gasteiger partial charge in [-0.15, -0.1) is 0 Å². The Morgan fingerprint density at radius 2 is 1.00 bits per heavy atom. The van der Waals surface area contributed by atoms with Crippen molar-refractivity contribution < 1.29 is 18.6 Å². The summed E-state index contributed by atoms with van der Waals surface area (Å²) < 4.78 is 0. The molecule has 2 aromatic carbocycles. The summed E-state index contributed by atoms with van der Waals surface area (Å²) in [5.41, 5.74) is 2.41. The first kappa shape index (κ1) is 11.9.